The Morgan fingerprint density at radius 1 is 1.20 bits per heavy atom. The lowest BCUT2D eigenvalue weighted by molar-refractivity contribution is -0.122. The number of fused-ring (bicyclic) bond motifs is 2. The van der Waals surface area contributed by atoms with Crippen molar-refractivity contribution in [1.29, 1.82) is 0 Å². The number of carbonyl (C=O) groups excluding carboxylic acids is 1. The minimum Gasteiger partial charge on any atom is -0.352 e. The average molecular weight is 341 g/mol. The van der Waals surface area contributed by atoms with Crippen LogP contribution in [0.3, 0.4) is 0 Å². The molecule has 2 fully saturated rings. The van der Waals surface area contributed by atoms with E-state index in [1.54, 1.807) is 18.2 Å². The maximum Gasteiger partial charge on any atom is 0.277 e. The first-order valence-corrected chi connectivity index (χ1v) is 9.08. The van der Waals surface area contributed by atoms with Gasteiger partial charge in [0, 0.05) is 25.0 Å². The summed E-state index contributed by atoms with van der Waals surface area (Å²) in [7, 11) is 0. The Labute approximate surface area is 146 Å². The number of piperidine rings is 1. The van der Waals surface area contributed by atoms with E-state index in [0.717, 1.165) is 19.5 Å². The van der Waals surface area contributed by atoms with E-state index >= 15 is 0 Å². The number of nitrogens with one attached hydrogen (secondary N) is 1. The third-order valence-corrected chi connectivity index (χ3v) is 5.38. The number of benzene rings is 1. The molecule has 2 saturated heterocycles. The smallest absolute Gasteiger partial charge is 0.277 e. The van der Waals surface area contributed by atoms with E-state index in [4.69, 9.17) is 0 Å². The van der Waals surface area contributed by atoms with E-state index in [1.165, 1.54) is 23.9 Å². The van der Waals surface area contributed by atoms with Gasteiger partial charge in [-0.3, -0.25) is 14.5 Å². The molecule has 1 amide bonds. The molecular weight excluding hydrogens is 318 g/mol. The largest absolute Gasteiger partial charge is 0.352 e. The zero-order valence-corrected chi connectivity index (χ0v) is 14.2. The minimum atomic E-state index is -0.197. The predicted octanol–water partition coefficient (Wildman–Crippen LogP) is 0.925. The molecule has 0 radical (unpaired) electrons. The van der Waals surface area contributed by atoms with Crippen LogP contribution in [0.4, 0.5) is 0 Å². The van der Waals surface area contributed by atoms with Crippen molar-refractivity contribution in [3.05, 3.63) is 34.6 Å². The van der Waals surface area contributed by atoms with E-state index in [1.807, 2.05) is 6.07 Å². The molecule has 0 bridgehead atoms. The van der Waals surface area contributed by atoms with Crippen LogP contribution in [0.2, 0.25) is 0 Å². The molecule has 4 rings (SSSR count). The van der Waals surface area contributed by atoms with Crippen molar-refractivity contribution in [2.75, 3.05) is 13.1 Å². The van der Waals surface area contributed by atoms with Gasteiger partial charge in [0.1, 0.15) is 5.52 Å². The molecule has 0 saturated carbocycles. The van der Waals surface area contributed by atoms with Gasteiger partial charge >= 0.3 is 0 Å². The summed E-state index contributed by atoms with van der Waals surface area (Å²) >= 11 is 0. The molecule has 0 spiro atoms. The van der Waals surface area contributed by atoms with Gasteiger partial charge in [-0.1, -0.05) is 23.8 Å². The maximum absolute atomic E-state index is 12.4. The van der Waals surface area contributed by atoms with Crippen LogP contribution in [0, 0.1) is 0 Å². The van der Waals surface area contributed by atoms with Crippen molar-refractivity contribution in [1.82, 2.24) is 25.2 Å². The number of aromatic nitrogens is 3. The van der Waals surface area contributed by atoms with E-state index in [0.29, 0.717) is 16.9 Å². The van der Waals surface area contributed by atoms with Gasteiger partial charge in [-0.25, -0.2) is 4.68 Å². The van der Waals surface area contributed by atoms with Gasteiger partial charge in [0.05, 0.1) is 11.9 Å². The van der Waals surface area contributed by atoms with Crippen molar-refractivity contribution < 1.29 is 4.79 Å². The van der Waals surface area contributed by atoms with Crippen LogP contribution in [0.1, 0.15) is 32.1 Å². The standard InChI is InChI=1S/C18H23N5O2/c24-17(19-15-8-11-22-10-4-3-7-16(15)22)9-12-23-18(25)13-5-1-2-6-14(13)20-21-23/h1-2,5-6,15-16H,3-4,7-12H2,(H,19,24)/t15-,16-/m1/s1. The lowest BCUT2D eigenvalue weighted by atomic mass is 9.99. The fourth-order valence-corrected chi connectivity index (χ4v) is 4.07. The van der Waals surface area contributed by atoms with Crippen LogP contribution in [0.15, 0.2) is 29.1 Å². The number of amides is 1. The summed E-state index contributed by atoms with van der Waals surface area (Å²) in [6, 6.07) is 7.85. The summed E-state index contributed by atoms with van der Waals surface area (Å²) < 4.78 is 1.28. The van der Waals surface area contributed by atoms with Crippen LogP contribution >= 0.6 is 0 Å². The van der Waals surface area contributed by atoms with Crippen molar-refractivity contribution in [2.24, 2.45) is 0 Å². The molecule has 1 N–H and O–H groups in total. The van der Waals surface area contributed by atoms with Crippen LogP contribution < -0.4 is 10.9 Å². The number of nitrogens with zero attached hydrogens (tertiary/aromatic N) is 4. The number of hydrogen-bond donors (Lipinski definition) is 1. The second-order valence-electron chi connectivity index (χ2n) is 6.95. The number of aryl methyl sites for hydroxylation is 1. The first-order chi connectivity index (χ1) is 12.2. The van der Waals surface area contributed by atoms with Gasteiger partial charge in [-0.15, -0.1) is 5.10 Å². The summed E-state index contributed by atoms with van der Waals surface area (Å²) in [4.78, 5) is 27.2. The normalized spacial score (nSPS) is 23.5. The van der Waals surface area contributed by atoms with Gasteiger partial charge < -0.3 is 5.32 Å². The van der Waals surface area contributed by atoms with Crippen LogP contribution in [0.5, 0.6) is 0 Å². The Kier molecular flexibility index (Phi) is 4.48. The molecule has 132 valence electrons. The van der Waals surface area contributed by atoms with Crippen molar-refractivity contribution in [2.45, 2.75) is 50.7 Å². The molecule has 2 aliphatic heterocycles. The lowest BCUT2D eigenvalue weighted by Gasteiger charge is -2.32. The summed E-state index contributed by atoms with van der Waals surface area (Å²) in [6.07, 6.45) is 4.94. The van der Waals surface area contributed by atoms with Crippen molar-refractivity contribution >= 4 is 16.8 Å². The highest BCUT2D eigenvalue weighted by atomic mass is 16.2. The minimum absolute atomic E-state index is 0.0146. The first kappa shape index (κ1) is 16.2. The van der Waals surface area contributed by atoms with Gasteiger partial charge in [-0.05, 0) is 37.9 Å². The second-order valence-corrected chi connectivity index (χ2v) is 6.95. The third kappa shape index (κ3) is 3.28. The van der Waals surface area contributed by atoms with Gasteiger partial charge in [-0.2, -0.15) is 0 Å². The molecule has 7 heteroatoms. The molecule has 7 nitrogen and oxygen atoms in total. The zero-order valence-electron chi connectivity index (χ0n) is 14.2. The Balaban J connectivity index is 1.38. The van der Waals surface area contributed by atoms with Crippen molar-refractivity contribution in [3.63, 3.8) is 0 Å². The summed E-state index contributed by atoms with van der Waals surface area (Å²) in [6.45, 7) is 2.48. The lowest BCUT2D eigenvalue weighted by Crippen LogP contribution is -2.47. The molecule has 2 aromatic rings. The molecule has 3 heterocycles. The molecule has 1 aromatic carbocycles. The zero-order chi connectivity index (χ0) is 17.2. The van der Waals surface area contributed by atoms with E-state index < -0.39 is 0 Å². The predicted molar refractivity (Wildman–Crippen MR) is 94.2 cm³/mol. The maximum atomic E-state index is 12.4. The Bertz CT molecular complexity index is 834. The quantitative estimate of drug-likeness (QED) is 0.895. The van der Waals surface area contributed by atoms with Gasteiger partial charge in [0.25, 0.3) is 5.56 Å². The van der Waals surface area contributed by atoms with E-state index in [-0.39, 0.29) is 30.5 Å². The fourth-order valence-electron chi connectivity index (χ4n) is 4.07. The van der Waals surface area contributed by atoms with Crippen LogP contribution in [-0.4, -0.2) is 51.0 Å². The molecule has 2 atom stereocenters. The first-order valence-electron chi connectivity index (χ1n) is 9.08. The molecular formula is C18H23N5O2. The summed E-state index contributed by atoms with van der Waals surface area (Å²) in [5, 5.41) is 11.7. The number of hydrogen-bond acceptors (Lipinski definition) is 5. The van der Waals surface area contributed by atoms with Gasteiger partial charge in [0.15, 0.2) is 0 Å². The second kappa shape index (κ2) is 6.92. The molecule has 25 heavy (non-hydrogen) atoms. The third-order valence-electron chi connectivity index (χ3n) is 5.38. The topological polar surface area (TPSA) is 80.1 Å². The molecule has 1 aromatic heterocycles. The monoisotopic (exact) mass is 341 g/mol. The SMILES string of the molecule is O=C(CCn1nnc2ccccc2c1=O)N[C@@H]1CCN2CCCC[C@H]12. The molecule has 2 aliphatic rings. The number of carbonyl (C=O) groups is 1. The Morgan fingerprint density at radius 2 is 2.08 bits per heavy atom. The summed E-state index contributed by atoms with van der Waals surface area (Å²) in [5.74, 6) is -0.0146. The Morgan fingerprint density at radius 3 is 3.00 bits per heavy atom. The Hall–Kier alpha value is -2.28. The average Bonchev–Trinajstić information content (AvgIpc) is 3.04. The van der Waals surface area contributed by atoms with Crippen molar-refractivity contribution in [3.8, 4) is 0 Å². The summed E-state index contributed by atoms with van der Waals surface area (Å²) in [5.41, 5.74) is 0.384. The molecule has 0 unspecified atom stereocenters. The number of rotatable bonds is 4. The van der Waals surface area contributed by atoms with Crippen LogP contribution in [-0.2, 0) is 11.3 Å². The van der Waals surface area contributed by atoms with Gasteiger partial charge in [0.2, 0.25) is 5.91 Å². The fraction of sp³-hybridized carbons (Fsp3) is 0.556. The van der Waals surface area contributed by atoms with E-state index in [2.05, 4.69) is 20.5 Å². The van der Waals surface area contributed by atoms with Crippen LogP contribution in [0.25, 0.3) is 10.9 Å². The highest BCUT2D eigenvalue weighted by Crippen LogP contribution is 2.27. The molecule has 0 aliphatic carbocycles. The van der Waals surface area contributed by atoms with E-state index in [9.17, 15) is 9.59 Å². The highest BCUT2D eigenvalue weighted by molar-refractivity contribution is 5.77. The highest BCUT2D eigenvalue weighted by Gasteiger charge is 2.36.